The molecule has 22 heavy (non-hydrogen) atoms. The second-order valence-corrected chi connectivity index (χ2v) is 5.75. The number of aryl methyl sites for hydroxylation is 2. The molecule has 2 rings (SSSR count). The quantitative estimate of drug-likeness (QED) is 0.819. The van der Waals surface area contributed by atoms with E-state index in [0.717, 1.165) is 43.3 Å². The molecule has 1 N–H and O–H groups in total. The molecule has 0 unspecified atom stereocenters. The Bertz CT molecular complexity index is 584. The molecular formula is C18H26N4. The Labute approximate surface area is 133 Å². The van der Waals surface area contributed by atoms with Gasteiger partial charge in [-0.2, -0.15) is 0 Å². The van der Waals surface area contributed by atoms with E-state index in [-0.39, 0.29) is 0 Å². The molecule has 1 aromatic heterocycles. The highest BCUT2D eigenvalue weighted by Gasteiger charge is 2.08. The van der Waals surface area contributed by atoms with Crippen molar-refractivity contribution >= 4 is 17.3 Å². The first kappa shape index (κ1) is 16.3. The topological polar surface area (TPSA) is 41.0 Å². The van der Waals surface area contributed by atoms with Crippen LogP contribution in [-0.4, -0.2) is 23.1 Å². The zero-order valence-corrected chi connectivity index (χ0v) is 14.1. The van der Waals surface area contributed by atoms with E-state index in [1.807, 2.05) is 6.07 Å². The largest absolute Gasteiger partial charge is 0.356 e. The van der Waals surface area contributed by atoms with Gasteiger partial charge in [0.2, 0.25) is 0 Å². The fraction of sp³-hybridized carbons (Fsp3) is 0.444. The molecule has 1 aromatic carbocycles. The molecule has 0 aliphatic rings. The van der Waals surface area contributed by atoms with Gasteiger partial charge in [0, 0.05) is 24.8 Å². The van der Waals surface area contributed by atoms with Crippen LogP contribution < -0.4 is 10.2 Å². The Kier molecular flexibility index (Phi) is 5.75. The number of rotatable bonds is 7. The van der Waals surface area contributed by atoms with Crippen LogP contribution in [0.25, 0.3) is 0 Å². The minimum absolute atomic E-state index is 0.840. The smallest absolute Gasteiger partial charge is 0.135 e. The van der Waals surface area contributed by atoms with E-state index in [0.29, 0.717) is 0 Å². The second-order valence-electron chi connectivity index (χ2n) is 5.75. The summed E-state index contributed by atoms with van der Waals surface area (Å²) in [6.45, 7) is 10.6. The summed E-state index contributed by atoms with van der Waals surface area (Å²) in [6, 6.07) is 8.46. The van der Waals surface area contributed by atoms with Crippen LogP contribution in [0.15, 0.2) is 30.6 Å². The zero-order chi connectivity index (χ0) is 15.9. The maximum Gasteiger partial charge on any atom is 0.135 e. The fourth-order valence-corrected chi connectivity index (χ4v) is 2.66. The number of hydrogen-bond donors (Lipinski definition) is 1. The van der Waals surface area contributed by atoms with Gasteiger partial charge in [0.1, 0.15) is 18.0 Å². The SMILES string of the molecule is CCCN(CCC)c1cc(Nc2cc(C)cc(C)c2)ncn1. The van der Waals surface area contributed by atoms with E-state index in [2.05, 4.69) is 66.1 Å². The lowest BCUT2D eigenvalue weighted by atomic mass is 10.1. The molecule has 0 aliphatic carbocycles. The molecule has 0 amide bonds. The van der Waals surface area contributed by atoms with Crippen molar-refractivity contribution in [1.29, 1.82) is 0 Å². The van der Waals surface area contributed by atoms with Crippen molar-refractivity contribution in [3.63, 3.8) is 0 Å². The number of aromatic nitrogens is 2. The summed E-state index contributed by atoms with van der Waals surface area (Å²) in [5, 5.41) is 3.39. The van der Waals surface area contributed by atoms with Crippen molar-refractivity contribution in [2.75, 3.05) is 23.3 Å². The summed E-state index contributed by atoms with van der Waals surface area (Å²) in [6.07, 6.45) is 3.87. The van der Waals surface area contributed by atoms with Crippen molar-refractivity contribution in [3.8, 4) is 0 Å². The van der Waals surface area contributed by atoms with Crippen molar-refractivity contribution in [2.45, 2.75) is 40.5 Å². The second kappa shape index (κ2) is 7.78. The average Bonchev–Trinajstić information content (AvgIpc) is 2.46. The molecule has 4 heteroatoms. The maximum absolute atomic E-state index is 4.43. The molecule has 0 spiro atoms. The Balaban J connectivity index is 2.20. The lowest BCUT2D eigenvalue weighted by Gasteiger charge is -2.22. The number of nitrogens with zero attached hydrogens (tertiary/aromatic N) is 3. The Morgan fingerprint density at radius 1 is 0.909 bits per heavy atom. The van der Waals surface area contributed by atoms with Crippen molar-refractivity contribution in [2.24, 2.45) is 0 Å². The highest BCUT2D eigenvalue weighted by atomic mass is 15.2. The third-order valence-electron chi connectivity index (χ3n) is 3.46. The van der Waals surface area contributed by atoms with E-state index in [4.69, 9.17) is 0 Å². The third-order valence-corrected chi connectivity index (χ3v) is 3.46. The van der Waals surface area contributed by atoms with Crippen LogP contribution in [0.3, 0.4) is 0 Å². The summed E-state index contributed by atoms with van der Waals surface area (Å²) in [7, 11) is 0. The minimum atomic E-state index is 0.840. The van der Waals surface area contributed by atoms with Gasteiger partial charge < -0.3 is 10.2 Å². The van der Waals surface area contributed by atoms with Gasteiger partial charge in [0.25, 0.3) is 0 Å². The summed E-state index contributed by atoms with van der Waals surface area (Å²) in [5.41, 5.74) is 3.56. The molecule has 0 bridgehead atoms. The van der Waals surface area contributed by atoms with Crippen LogP contribution in [0.4, 0.5) is 17.3 Å². The van der Waals surface area contributed by atoms with Crippen molar-refractivity contribution < 1.29 is 0 Å². The summed E-state index contributed by atoms with van der Waals surface area (Å²) in [5.74, 6) is 1.83. The van der Waals surface area contributed by atoms with Crippen LogP contribution in [-0.2, 0) is 0 Å². The highest BCUT2D eigenvalue weighted by Crippen LogP contribution is 2.21. The minimum Gasteiger partial charge on any atom is -0.356 e. The lowest BCUT2D eigenvalue weighted by Crippen LogP contribution is -2.25. The molecule has 0 saturated carbocycles. The number of nitrogens with one attached hydrogen (secondary N) is 1. The number of benzene rings is 1. The molecule has 4 nitrogen and oxygen atoms in total. The molecule has 0 radical (unpaired) electrons. The van der Waals surface area contributed by atoms with Crippen LogP contribution in [0.5, 0.6) is 0 Å². The molecule has 118 valence electrons. The number of anilines is 3. The first-order chi connectivity index (χ1) is 10.6. The van der Waals surface area contributed by atoms with Gasteiger partial charge in [0.05, 0.1) is 0 Å². The van der Waals surface area contributed by atoms with Gasteiger partial charge in [-0.1, -0.05) is 19.9 Å². The van der Waals surface area contributed by atoms with E-state index >= 15 is 0 Å². The summed E-state index contributed by atoms with van der Waals surface area (Å²) >= 11 is 0. The van der Waals surface area contributed by atoms with Crippen LogP contribution in [0, 0.1) is 13.8 Å². The van der Waals surface area contributed by atoms with Gasteiger partial charge in [-0.3, -0.25) is 0 Å². The van der Waals surface area contributed by atoms with Crippen LogP contribution >= 0.6 is 0 Å². The zero-order valence-electron chi connectivity index (χ0n) is 14.1. The van der Waals surface area contributed by atoms with Crippen molar-refractivity contribution in [1.82, 2.24) is 9.97 Å². The molecular weight excluding hydrogens is 272 g/mol. The summed E-state index contributed by atoms with van der Waals surface area (Å²) in [4.78, 5) is 11.1. The standard InChI is InChI=1S/C18H26N4/c1-5-7-22(8-6-2)18-12-17(19-13-20-18)21-16-10-14(3)9-15(4)11-16/h9-13H,5-8H2,1-4H3,(H,19,20,21). The van der Waals surface area contributed by atoms with Gasteiger partial charge in [0.15, 0.2) is 0 Å². The lowest BCUT2D eigenvalue weighted by molar-refractivity contribution is 0.733. The maximum atomic E-state index is 4.43. The molecule has 0 fully saturated rings. The van der Waals surface area contributed by atoms with Gasteiger partial charge in [-0.25, -0.2) is 9.97 Å². The van der Waals surface area contributed by atoms with Crippen molar-refractivity contribution in [3.05, 3.63) is 41.7 Å². The Morgan fingerprint density at radius 3 is 2.14 bits per heavy atom. The fourth-order valence-electron chi connectivity index (χ4n) is 2.66. The first-order valence-corrected chi connectivity index (χ1v) is 8.04. The molecule has 0 saturated heterocycles. The van der Waals surface area contributed by atoms with Gasteiger partial charge in [-0.15, -0.1) is 0 Å². The van der Waals surface area contributed by atoms with E-state index in [1.54, 1.807) is 6.33 Å². The summed E-state index contributed by atoms with van der Waals surface area (Å²) < 4.78 is 0. The van der Waals surface area contributed by atoms with E-state index in [1.165, 1.54) is 11.1 Å². The van der Waals surface area contributed by atoms with E-state index in [9.17, 15) is 0 Å². The average molecular weight is 298 g/mol. The molecule has 0 atom stereocenters. The van der Waals surface area contributed by atoms with Crippen LogP contribution in [0.1, 0.15) is 37.8 Å². The van der Waals surface area contributed by atoms with Crippen LogP contribution in [0.2, 0.25) is 0 Å². The Morgan fingerprint density at radius 2 is 1.55 bits per heavy atom. The molecule has 0 aliphatic heterocycles. The molecule has 1 heterocycles. The predicted octanol–water partition coefficient (Wildman–Crippen LogP) is 4.46. The normalized spacial score (nSPS) is 10.5. The first-order valence-electron chi connectivity index (χ1n) is 8.04. The number of hydrogen-bond acceptors (Lipinski definition) is 4. The highest BCUT2D eigenvalue weighted by molar-refractivity contribution is 5.60. The van der Waals surface area contributed by atoms with Gasteiger partial charge >= 0.3 is 0 Å². The van der Waals surface area contributed by atoms with E-state index < -0.39 is 0 Å². The monoisotopic (exact) mass is 298 g/mol. The predicted molar refractivity (Wildman–Crippen MR) is 94.0 cm³/mol. The molecule has 2 aromatic rings. The third kappa shape index (κ3) is 4.45. The Hall–Kier alpha value is -2.10. The van der Waals surface area contributed by atoms with Gasteiger partial charge in [-0.05, 0) is 49.9 Å².